The molecule has 2 fully saturated rings. The van der Waals surface area contributed by atoms with Crippen molar-refractivity contribution < 1.29 is 9.59 Å². The number of hydrogen-bond donors (Lipinski definition) is 1. The van der Waals surface area contributed by atoms with E-state index in [1.807, 2.05) is 12.2 Å². The summed E-state index contributed by atoms with van der Waals surface area (Å²) in [7, 11) is 0. The molecule has 2 amide bonds. The van der Waals surface area contributed by atoms with Crippen LogP contribution in [-0.2, 0) is 9.59 Å². The van der Waals surface area contributed by atoms with E-state index in [1.54, 1.807) is 0 Å². The van der Waals surface area contributed by atoms with Crippen LogP contribution >= 0.6 is 0 Å². The van der Waals surface area contributed by atoms with Crippen molar-refractivity contribution in [2.24, 2.45) is 11.8 Å². The minimum Gasteiger partial charge on any atom is -0.314 e. The molecule has 3 aliphatic rings. The minimum absolute atomic E-state index is 0.0624. The van der Waals surface area contributed by atoms with E-state index in [0.717, 1.165) is 25.8 Å². The number of fused-ring (bicyclic) bond motifs is 1. The van der Waals surface area contributed by atoms with E-state index in [0.29, 0.717) is 12.6 Å². The van der Waals surface area contributed by atoms with E-state index in [1.165, 1.54) is 17.7 Å². The fourth-order valence-electron chi connectivity index (χ4n) is 3.38. The Labute approximate surface area is 107 Å². The van der Waals surface area contributed by atoms with Crippen molar-refractivity contribution >= 4 is 11.8 Å². The number of hydrogen-bond acceptors (Lipinski definition) is 3. The summed E-state index contributed by atoms with van der Waals surface area (Å²) in [5.41, 5.74) is 0. The number of likely N-dealkylation sites (tertiary alicyclic amines) is 1. The van der Waals surface area contributed by atoms with Crippen LogP contribution in [0.5, 0.6) is 0 Å². The number of carbonyl (C=O) groups excluding carboxylic acids is 2. The predicted octanol–water partition coefficient (Wildman–Crippen LogP) is 1.08. The fourth-order valence-corrected chi connectivity index (χ4v) is 3.38. The molecular formula is C14H20N2O2. The quantitative estimate of drug-likeness (QED) is 0.600. The van der Waals surface area contributed by atoms with E-state index in [-0.39, 0.29) is 23.7 Å². The zero-order valence-electron chi connectivity index (χ0n) is 10.6. The van der Waals surface area contributed by atoms with Crippen molar-refractivity contribution in [3.63, 3.8) is 0 Å². The van der Waals surface area contributed by atoms with Crippen molar-refractivity contribution in [1.82, 2.24) is 10.2 Å². The second-order valence-corrected chi connectivity index (χ2v) is 5.57. The van der Waals surface area contributed by atoms with Crippen LogP contribution in [0.25, 0.3) is 0 Å². The predicted molar refractivity (Wildman–Crippen MR) is 67.7 cm³/mol. The molecule has 0 aromatic heterocycles. The summed E-state index contributed by atoms with van der Waals surface area (Å²) in [6, 6.07) is 0.492. The monoisotopic (exact) mass is 248 g/mol. The van der Waals surface area contributed by atoms with Gasteiger partial charge in [-0.05, 0) is 38.6 Å². The number of nitrogens with one attached hydrogen (secondary N) is 1. The Morgan fingerprint density at radius 3 is 2.39 bits per heavy atom. The van der Waals surface area contributed by atoms with E-state index in [4.69, 9.17) is 0 Å². The lowest BCUT2D eigenvalue weighted by Gasteiger charge is -2.17. The molecule has 0 saturated carbocycles. The van der Waals surface area contributed by atoms with Gasteiger partial charge < -0.3 is 5.32 Å². The number of amides is 2. The first kappa shape index (κ1) is 11.9. The van der Waals surface area contributed by atoms with E-state index < -0.39 is 0 Å². The van der Waals surface area contributed by atoms with Gasteiger partial charge in [-0.1, -0.05) is 12.2 Å². The Hall–Kier alpha value is -1.16. The van der Waals surface area contributed by atoms with Gasteiger partial charge in [0.2, 0.25) is 11.8 Å². The van der Waals surface area contributed by atoms with Gasteiger partial charge in [0.05, 0.1) is 11.8 Å². The Bertz CT molecular complexity index is 359. The lowest BCUT2D eigenvalue weighted by Crippen LogP contribution is -2.35. The van der Waals surface area contributed by atoms with Crippen molar-refractivity contribution in [2.75, 3.05) is 13.1 Å². The summed E-state index contributed by atoms with van der Waals surface area (Å²) in [5, 5.41) is 3.41. The highest BCUT2D eigenvalue weighted by Crippen LogP contribution is 2.35. The summed E-state index contributed by atoms with van der Waals surface area (Å²) in [4.78, 5) is 25.9. The molecule has 0 aromatic rings. The highest BCUT2D eigenvalue weighted by molar-refractivity contribution is 6.05. The molecule has 0 radical (unpaired) electrons. The van der Waals surface area contributed by atoms with Gasteiger partial charge in [-0.3, -0.25) is 14.5 Å². The summed E-state index contributed by atoms with van der Waals surface area (Å²) in [6.07, 6.45) is 8.85. The largest absolute Gasteiger partial charge is 0.314 e. The molecule has 2 heterocycles. The van der Waals surface area contributed by atoms with Gasteiger partial charge in [-0.15, -0.1) is 0 Å². The molecule has 0 spiro atoms. The summed E-state index contributed by atoms with van der Waals surface area (Å²) >= 11 is 0. The van der Waals surface area contributed by atoms with Crippen LogP contribution in [0.2, 0.25) is 0 Å². The second kappa shape index (κ2) is 4.84. The van der Waals surface area contributed by atoms with Crippen LogP contribution in [0.1, 0.15) is 32.1 Å². The van der Waals surface area contributed by atoms with Gasteiger partial charge in [0.15, 0.2) is 0 Å². The maximum absolute atomic E-state index is 12.2. The van der Waals surface area contributed by atoms with Crippen molar-refractivity contribution in [3.8, 4) is 0 Å². The normalized spacial score (nSPS) is 35.3. The Morgan fingerprint density at radius 1 is 1.17 bits per heavy atom. The highest BCUT2D eigenvalue weighted by atomic mass is 16.2. The van der Waals surface area contributed by atoms with Crippen LogP contribution < -0.4 is 5.32 Å². The van der Waals surface area contributed by atoms with E-state index in [9.17, 15) is 9.59 Å². The summed E-state index contributed by atoms with van der Waals surface area (Å²) < 4.78 is 0. The average molecular weight is 248 g/mol. The maximum Gasteiger partial charge on any atom is 0.233 e. The molecule has 1 N–H and O–H groups in total. The molecule has 4 nitrogen and oxygen atoms in total. The molecule has 3 atom stereocenters. The number of nitrogens with zero attached hydrogens (tertiary/aromatic N) is 1. The number of carbonyl (C=O) groups is 2. The van der Waals surface area contributed by atoms with Gasteiger partial charge in [0, 0.05) is 12.6 Å². The molecule has 4 heteroatoms. The van der Waals surface area contributed by atoms with Gasteiger partial charge >= 0.3 is 0 Å². The van der Waals surface area contributed by atoms with Crippen molar-refractivity contribution in [3.05, 3.63) is 12.2 Å². The van der Waals surface area contributed by atoms with Crippen LogP contribution in [0, 0.1) is 11.8 Å². The standard InChI is InChI=1S/C14H20N2O2/c17-13-11-5-1-2-6-12(11)14(18)16(13)9-7-10-4-3-8-15-10/h1-2,10-12,15H,3-9H2. The summed E-state index contributed by atoms with van der Waals surface area (Å²) in [5.74, 6) is -0.0160. The third-order valence-corrected chi connectivity index (χ3v) is 4.46. The fraction of sp³-hybridized carbons (Fsp3) is 0.714. The van der Waals surface area contributed by atoms with Gasteiger partial charge in [0.25, 0.3) is 0 Å². The lowest BCUT2D eigenvalue weighted by atomic mass is 9.85. The molecule has 2 saturated heterocycles. The Morgan fingerprint density at radius 2 is 1.83 bits per heavy atom. The molecular weight excluding hydrogens is 228 g/mol. The molecule has 1 aliphatic carbocycles. The molecule has 3 unspecified atom stereocenters. The molecule has 0 aromatic carbocycles. The first-order chi connectivity index (χ1) is 8.77. The second-order valence-electron chi connectivity index (χ2n) is 5.57. The highest BCUT2D eigenvalue weighted by Gasteiger charge is 2.46. The maximum atomic E-state index is 12.2. The van der Waals surface area contributed by atoms with E-state index in [2.05, 4.69) is 5.32 Å². The zero-order valence-corrected chi connectivity index (χ0v) is 10.6. The number of allylic oxidation sites excluding steroid dienone is 2. The van der Waals surface area contributed by atoms with Crippen molar-refractivity contribution in [1.29, 1.82) is 0 Å². The summed E-state index contributed by atoms with van der Waals surface area (Å²) in [6.45, 7) is 1.67. The van der Waals surface area contributed by atoms with Gasteiger partial charge in [-0.2, -0.15) is 0 Å². The van der Waals surface area contributed by atoms with Crippen LogP contribution in [0.15, 0.2) is 12.2 Å². The van der Waals surface area contributed by atoms with Crippen molar-refractivity contribution in [2.45, 2.75) is 38.1 Å². The third kappa shape index (κ3) is 1.99. The minimum atomic E-state index is -0.0703. The van der Waals surface area contributed by atoms with E-state index >= 15 is 0 Å². The molecule has 98 valence electrons. The molecule has 3 rings (SSSR count). The smallest absolute Gasteiger partial charge is 0.233 e. The SMILES string of the molecule is O=C1C2CC=CCC2C(=O)N1CCC1CCCN1. The van der Waals surface area contributed by atoms with Gasteiger partial charge in [0.1, 0.15) is 0 Å². The zero-order chi connectivity index (χ0) is 12.5. The third-order valence-electron chi connectivity index (χ3n) is 4.46. The van der Waals surface area contributed by atoms with Crippen LogP contribution in [-0.4, -0.2) is 35.8 Å². The Balaban J connectivity index is 1.62. The molecule has 18 heavy (non-hydrogen) atoms. The number of imide groups is 1. The molecule has 0 bridgehead atoms. The molecule has 2 aliphatic heterocycles. The van der Waals surface area contributed by atoms with Gasteiger partial charge in [-0.25, -0.2) is 0 Å². The lowest BCUT2D eigenvalue weighted by molar-refractivity contribution is -0.140. The topological polar surface area (TPSA) is 49.4 Å². The first-order valence-electron chi connectivity index (χ1n) is 7.01. The van der Waals surface area contributed by atoms with Crippen LogP contribution in [0.3, 0.4) is 0 Å². The average Bonchev–Trinajstić information content (AvgIpc) is 2.98. The number of rotatable bonds is 3. The van der Waals surface area contributed by atoms with Crippen LogP contribution in [0.4, 0.5) is 0 Å². The Kier molecular flexibility index (Phi) is 3.20. The first-order valence-corrected chi connectivity index (χ1v) is 7.01.